The Hall–Kier alpha value is -1.95. The Bertz CT molecular complexity index is 1040. The molecule has 1 aliphatic rings. The van der Waals surface area contributed by atoms with Gasteiger partial charge in [-0.1, -0.05) is 6.07 Å². The van der Waals surface area contributed by atoms with Gasteiger partial charge in [0.1, 0.15) is 31.9 Å². The standard InChI is InChI=1S/C14H12N4O4S3/c19-13(10-7-15-14(23-10)9-4-2-6-22-9)18-25(20,21)11-5-1-3-8-12(11)17-24-16-8/h1,3,5,7,9H,2,4,6H2,(H,18,19). The van der Waals surface area contributed by atoms with Gasteiger partial charge in [-0.25, -0.2) is 18.1 Å². The van der Waals surface area contributed by atoms with Crippen LogP contribution in [0.5, 0.6) is 0 Å². The first-order chi connectivity index (χ1) is 12.0. The zero-order valence-corrected chi connectivity index (χ0v) is 15.2. The molecule has 4 rings (SSSR count). The highest BCUT2D eigenvalue weighted by atomic mass is 32.2. The summed E-state index contributed by atoms with van der Waals surface area (Å²) >= 11 is 2.06. The largest absolute Gasteiger partial charge is 0.371 e. The molecule has 1 atom stereocenters. The number of rotatable bonds is 4. The highest BCUT2D eigenvalue weighted by Crippen LogP contribution is 2.31. The number of nitrogens with one attached hydrogen (secondary N) is 1. The van der Waals surface area contributed by atoms with E-state index in [0.717, 1.165) is 35.9 Å². The first-order valence-electron chi connectivity index (χ1n) is 7.40. The van der Waals surface area contributed by atoms with Gasteiger partial charge in [-0.3, -0.25) is 4.79 Å². The van der Waals surface area contributed by atoms with Crippen LogP contribution in [0.15, 0.2) is 29.3 Å². The molecule has 0 bridgehead atoms. The number of sulfonamides is 1. The van der Waals surface area contributed by atoms with Crippen molar-refractivity contribution in [2.45, 2.75) is 23.8 Å². The fourth-order valence-corrected chi connectivity index (χ4v) is 5.24. The molecule has 130 valence electrons. The van der Waals surface area contributed by atoms with E-state index in [4.69, 9.17) is 4.74 Å². The molecular weight excluding hydrogens is 384 g/mol. The fourth-order valence-electron chi connectivity index (χ4n) is 2.54. The minimum absolute atomic E-state index is 0.0732. The lowest BCUT2D eigenvalue weighted by molar-refractivity contribution is 0.0985. The van der Waals surface area contributed by atoms with E-state index in [2.05, 4.69) is 18.5 Å². The van der Waals surface area contributed by atoms with Crippen molar-refractivity contribution in [2.24, 2.45) is 0 Å². The quantitative estimate of drug-likeness (QED) is 0.719. The SMILES string of the molecule is O=C(NS(=O)(=O)c1cccc2nsnc12)c1cnc(C2CCCO2)s1. The Morgan fingerprint density at radius 3 is 3.00 bits per heavy atom. The predicted molar refractivity (Wildman–Crippen MR) is 92.1 cm³/mol. The average Bonchev–Trinajstić information content (AvgIpc) is 3.32. The second-order valence-corrected chi connectivity index (χ2v) is 8.63. The van der Waals surface area contributed by atoms with Crippen molar-refractivity contribution >= 4 is 50.0 Å². The third-order valence-corrected chi connectivity index (χ3v) is 6.71. The molecule has 1 unspecified atom stereocenters. The number of carbonyl (C=O) groups excluding carboxylic acids is 1. The molecular formula is C14H12N4O4S3. The number of benzene rings is 1. The highest BCUT2D eigenvalue weighted by molar-refractivity contribution is 7.90. The van der Waals surface area contributed by atoms with Crippen LogP contribution in [0.1, 0.15) is 33.6 Å². The van der Waals surface area contributed by atoms with Crippen molar-refractivity contribution in [3.63, 3.8) is 0 Å². The van der Waals surface area contributed by atoms with Gasteiger partial charge >= 0.3 is 0 Å². The first-order valence-corrected chi connectivity index (χ1v) is 10.4. The Morgan fingerprint density at radius 2 is 2.20 bits per heavy atom. The molecule has 2 aromatic heterocycles. The zero-order chi connectivity index (χ0) is 17.4. The Labute approximate surface area is 151 Å². The molecule has 8 nitrogen and oxygen atoms in total. The van der Waals surface area contributed by atoms with Gasteiger partial charge in [0.15, 0.2) is 0 Å². The van der Waals surface area contributed by atoms with Crippen molar-refractivity contribution in [1.29, 1.82) is 0 Å². The van der Waals surface area contributed by atoms with Crippen LogP contribution in [0, 0.1) is 0 Å². The summed E-state index contributed by atoms with van der Waals surface area (Å²) in [6, 6.07) is 4.62. The Kier molecular flexibility index (Phi) is 4.23. The van der Waals surface area contributed by atoms with Crippen molar-refractivity contribution in [2.75, 3.05) is 6.61 Å². The van der Waals surface area contributed by atoms with Crippen molar-refractivity contribution in [1.82, 2.24) is 18.5 Å². The third-order valence-electron chi connectivity index (χ3n) is 3.72. The minimum Gasteiger partial charge on any atom is -0.371 e. The summed E-state index contributed by atoms with van der Waals surface area (Å²) in [4.78, 5) is 16.7. The van der Waals surface area contributed by atoms with E-state index in [0.29, 0.717) is 17.1 Å². The van der Waals surface area contributed by atoms with E-state index in [9.17, 15) is 13.2 Å². The number of nitrogens with zero attached hydrogens (tertiary/aromatic N) is 3. The number of ether oxygens (including phenoxy) is 1. The molecule has 1 aromatic carbocycles. The maximum Gasteiger partial charge on any atom is 0.276 e. The average molecular weight is 396 g/mol. The number of amides is 1. The molecule has 1 aliphatic heterocycles. The lowest BCUT2D eigenvalue weighted by atomic mass is 10.2. The van der Waals surface area contributed by atoms with E-state index in [1.165, 1.54) is 12.3 Å². The molecule has 0 saturated carbocycles. The van der Waals surface area contributed by atoms with E-state index >= 15 is 0 Å². The van der Waals surface area contributed by atoms with Crippen LogP contribution in [-0.2, 0) is 14.8 Å². The summed E-state index contributed by atoms with van der Waals surface area (Å²) in [5.74, 6) is -0.720. The van der Waals surface area contributed by atoms with Crippen LogP contribution in [-0.4, -0.2) is 34.7 Å². The van der Waals surface area contributed by atoms with Gasteiger partial charge in [0.25, 0.3) is 15.9 Å². The molecule has 1 fully saturated rings. The van der Waals surface area contributed by atoms with Gasteiger partial charge in [-0.05, 0) is 25.0 Å². The van der Waals surface area contributed by atoms with E-state index in [1.54, 1.807) is 12.1 Å². The van der Waals surface area contributed by atoms with Gasteiger partial charge in [0.2, 0.25) is 0 Å². The highest BCUT2D eigenvalue weighted by Gasteiger charge is 2.26. The summed E-state index contributed by atoms with van der Waals surface area (Å²) in [6.45, 7) is 0.672. The first kappa shape index (κ1) is 16.5. The summed E-state index contributed by atoms with van der Waals surface area (Å²) in [5, 5.41) is 0.686. The van der Waals surface area contributed by atoms with Gasteiger partial charge in [0.05, 0.1) is 17.9 Å². The van der Waals surface area contributed by atoms with Crippen LogP contribution in [0.4, 0.5) is 0 Å². The maximum atomic E-state index is 12.6. The van der Waals surface area contributed by atoms with Crippen LogP contribution >= 0.6 is 23.1 Å². The van der Waals surface area contributed by atoms with Gasteiger partial charge < -0.3 is 4.74 Å². The number of thiazole rings is 1. The number of carbonyl (C=O) groups is 1. The lowest BCUT2D eigenvalue weighted by Gasteiger charge is -2.06. The van der Waals surface area contributed by atoms with E-state index in [1.807, 2.05) is 0 Å². The van der Waals surface area contributed by atoms with Crippen LogP contribution in [0.25, 0.3) is 11.0 Å². The lowest BCUT2D eigenvalue weighted by Crippen LogP contribution is -2.30. The van der Waals surface area contributed by atoms with Crippen LogP contribution in [0.3, 0.4) is 0 Å². The Morgan fingerprint density at radius 1 is 1.32 bits per heavy atom. The predicted octanol–water partition coefficient (Wildman–Crippen LogP) is 2.12. The maximum absolute atomic E-state index is 12.6. The summed E-state index contributed by atoms with van der Waals surface area (Å²) in [5.41, 5.74) is 0.718. The number of aromatic nitrogens is 3. The van der Waals surface area contributed by atoms with E-state index in [-0.39, 0.29) is 21.4 Å². The smallest absolute Gasteiger partial charge is 0.276 e. The molecule has 0 aliphatic carbocycles. The summed E-state index contributed by atoms with van der Waals surface area (Å²) in [7, 11) is -4.06. The van der Waals surface area contributed by atoms with Gasteiger partial charge in [0, 0.05) is 6.61 Å². The second kappa shape index (κ2) is 6.41. The van der Waals surface area contributed by atoms with Crippen LogP contribution < -0.4 is 4.72 Å². The van der Waals surface area contributed by atoms with Crippen molar-refractivity contribution in [3.8, 4) is 0 Å². The number of hydrogen-bond donors (Lipinski definition) is 1. The minimum atomic E-state index is -4.06. The second-order valence-electron chi connectivity index (χ2n) is 5.39. The molecule has 3 heterocycles. The molecule has 3 aromatic rings. The fraction of sp³-hybridized carbons (Fsp3) is 0.286. The van der Waals surface area contributed by atoms with Gasteiger partial charge in [-0.2, -0.15) is 8.75 Å². The molecule has 1 amide bonds. The van der Waals surface area contributed by atoms with E-state index < -0.39 is 15.9 Å². The van der Waals surface area contributed by atoms with Crippen LogP contribution in [0.2, 0.25) is 0 Å². The molecule has 1 N–H and O–H groups in total. The molecule has 25 heavy (non-hydrogen) atoms. The number of fused-ring (bicyclic) bond motifs is 1. The third kappa shape index (κ3) is 3.15. The van der Waals surface area contributed by atoms with Crippen molar-refractivity contribution in [3.05, 3.63) is 34.3 Å². The molecule has 0 radical (unpaired) electrons. The van der Waals surface area contributed by atoms with Crippen molar-refractivity contribution < 1.29 is 17.9 Å². The molecule has 11 heteroatoms. The topological polar surface area (TPSA) is 111 Å². The summed E-state index contributed by atoms with van der Waals surface area (Å²) in [6.07, 6.45) is 3.06. The summed E-state index contributed by atoms with van der Waals surface area (Å²) < 4.78 is 40.7. The normalized spacial score (nSPS) is 17.8. The molecule has 0 spiro atoms. The zero-order valence-electron chi connectivity index (χ0n) is 12.7. The Balaban J connectivity index is 1.58. The van der Waals surface area contributed by atoms with Gasteiger partial charge in [-0.15, -0.1) is 11.3 Å². The monoisotopic (exact) mass is 396 g/mol. The molecule has 1 saturated heterocycles. The number of hydrogen-bond acceptors (Lipinski definition) is 9.